The molecule has 1 aliphatic rings. The Labute approximate surface area is 123 Å². The van der Waals surface area contributed by atoms with Crippen molar-refractivity contribution in [3.05, 3.63) is 54.6 Å². The summed E-state index contributed by atoms with van der Waals surface area (Å²) < 4.78 is 10.9. The molecular formula is C17H17NO3. The van der Waals surface area contributed by atoms with Gasteiger partial charge in [-0.3, -0.25) is 0 Å². The van der Waals surface area contributed by atoms with Gasteiger partial charge in [0.2, 0.25) is 6.10 Å². The maximum atomic E-state index is 12.0. The fourth-order valence-corrected chi connectivity index (χ4v) is 2.44. The second-order valence-corrected chi connectivity index (χ2v) is 4.77. The quantitative estimate of drug-likeness (QED) is 0.811. The van der Waals surface area contributed by atoms with E-state index in [0.29, 0.717) is 18.9 Å². The van der Waals surface area contributed by atoms with Gasteiger partial charge >= 0.3 is 5.97 Å². The Kier molecular flexibility index (Phi) is 3.77. The molecule has 108 valence electrons. The van der Waals surface area contributed by atoms with Gasteiger partial charge in [0.1, 0.15) is 5.75 Å². The number of ether oxygens (including phenoxy) is 2. The first-order valence-electron chi connectivity index (χ1n) is 7.04. The van der Waals surface area contributed by atoms with E-state index in [-0.39, 0.29) is 5.97 Å². The molecule has 4 nitrogen and oxygen atoms in total. The van der Waals surface area contributed by atoms with Gasteiger partial charge in [-0.15, -0.1) is 0 Å². The lowest BCUT2D eigenvalue weighted by Crippen LogP contribution is -2.43. The van der Waals surface area contributed by atoms with Crippen LogP contribution in [0.4, 0.5) is 11.4 Å². The number of carbonyl (C=O) groups excluding carboxylic acids is 1. The lowest BCUT2D eigenvalue weighted by Gasteiger charge is -2.35. The number of benzene rings is 2. The number of para-hydroxylation sites is 3. The molecule has 2 aromatic rings. The average molecular weight is 283 g/mol. The molecular weight excluding hydrogens is 266 g/mol. The van der Waals surface area contributed by atoms with Crippen molar-refractivity contribution < 1.29 is 14.3 Å². The molecule has 21 heavy (non-hydrogen) atoms. The van der Waals surface area contributed by atoms with Crippen LogP contribution < -0.4 is 9.64 Å². The molecule has 0 N–H and O–H groups in total. The van der Waals surface area contributed by atoms with E-state index in [2.05, 4.69) is 4.90 Å². The Morgan fingerprint density at radius 1 is 1.19 bits per heavy atom. The van der Waals surface area contributed by atoms with E-state index in [9.17, 15) is 4.79 Å². The summed E-state index contributed by atoms with van der Waals surface area (Å²) in [6.07, 6.45) is -0.611. The number of anilines is 2. The van der Waals surface area contributed by atoms with Gasteiger partial charge in [-0.2, -0.15) is 0 Å². The molecule has 0 bridgehead atoms. The highest BCUT2D eigenvalue weighted by Gasteiger charge is 2.32. The first kappa shape index (κ1) is 13.5. The fourth-order valence-electron chi connectivity index (χ4n) is 2.44. The van der Waals surface area contributed by atoms with E-state index in [1.165, 1.54) is 0 Å². The number of esters is 1. The highest BCUT2D eigenvalue weighted by atomic mass is 16.6. The summed E-state index contributed by atoms with van der Waals surface area (Å²) in [6.45, 7) is 2.59. The summed E-state index contributed by atoms with van der Waals surface area (Å²) in [5.74, 6) is 0.374. The fraction of sp³-hybridized carbons (Fsp3) is 0.235. The summed E-state index contributed by atoms with van der Waals surface area (Å²) in [7, 11) is 0. The van der Waals surface area contributed by atoms with Crippen LogP contribution in [0.15, 0.2) is 54.6 Å². The van der Waals surface area contributed by atoms with Gasteiger partial charge in [-0.05, 0) is 31.2 Å². The third-order valence-electron chi connectivity index (χ3n) is 3.39. The third kappa shape index (κ3) is 2.70. The van der Waals surface area contributed by atoms with Crippen molar-refractivity contribution in [2.75, 3.05) is 18.1 Å². The Morgan fingerprint density at radius 3 is 2.67 bits per heavy atom. The normalized spacial score (nSPS) is 16.8. The van der Waals surface area contributed by atoms with Crippen molar-refractivity contribution in [1.29, 1.82) is 0 Å². The molecule has 0 amide bonds. The second-order valence-electron chi connectivity index (χ2n) is 4.77. The number of fused-ring (bicyclic) bond motifs is 1. The van der Waals surface area contributed by atoms with E-state index in [1.807, 2.05) is 54.6 Å². The number of carbonyl (C=O) groups is 1. The minimum absolute atomic E-state index is 0.326. The molecule has 1 heterocycles. The van der Waals surface area contributed by atoms with E-state index < -0.39 is 6.10 Å². The Morgan fingerprint density at radius 2 is 1.90 bits per heavy atom. The standard InChI is InChI=1S/C17H17NO3/c1-2-20-17(19)16-12-18(13-8-4-3-5-9-13)14-10-6-7-11-15(14)21-16/h3-11,16H,2,12H2,1H3/t16-/m0/s1. The molecule has 0 aromatic heterocycles. The van der Waals surface area contributed by atoms with Crippen LogP contribution in [-0.2, 0) is 9.53 Å². The number of nitrogens with zero attached hydrogens (tertiary/aromatic N) is 1. The van der Waals surface area contributed by atoms with Crippen LogP contribution in [0.2, 0.25) is 0 Å². The summed E-state index contributed by atoms with van der Waals surface area (Å²) in [5, 5.41) is 0. The Balaban J connectivity index is 1.96. The van der Waals surface area contributed by atoms with Crippen molar-refractivity contribution >= 4 is 17.3 Å². The first-order chi connectivity index (χ1) is 10.3. The van der Waals surface area contributed by atoms with Gasteiger partial charge in [-0.25, -0.2) is 4.79 Å². The SMILES string of the molecule is CCOC(=O)[C@@H]1CN(c2ccccc2)c2ccccc2O1. The van der Waals surface area contributed by atoms with E-state index in [1.54, 1.807) is 6.92 Å². The van der Waals surface area contributed by atoms with Crippen LogP contribution in [-0.4, -0.2) is 25.2 Å². The molecule has 0 fully saturated rings. The van der Waals surface area contributed by atoms with Crippen LogP contribution in [0, 0.1) is 0 Å². The number of rotatable bonds is 3. The average Bonchev–Trinajstić information content (AvgIpc) is 2.55. The van der Waals surface area contributed by atoms with Gasteiger partial charge in [0.15, 0.2) is 0 Å². The van der Waals surface area contributed by atoms with E-state index in [4.69, 9.17) is 9.47 Å². The highest BCUT2D eigenvalue weighted by Crippen LogP contribution is 2.37. The van der Waals surface area contributed by atoms with Crippen molar-refractivity contribution in [3.8, 4) is 5.75 Å². The van der Waals surface area contributed by atoms with Gasteiger partial charge in [0.05, 0.1) is 18.8 Å². The molecule has 1 aliphatic heterocycles. The lowest BCUT2D eigenvalue weighted by atomic mass is 10.1. The topological polar surface area (TPSA) is 38.8 Å². The Hall–Kier alpha value is -2.49. The zero-order chi connectivity index (χ0) is 14.7. The molecule has 0 saturated carbocycles. The molecule has 4 heteroatoms. The van der Waals surface area contributed by atoms with Gasteiger partial charge in [0, 0.05) is 5.69 Å². The molecule has 0 unspecified atom stereocenters. The molecule has 0 saturated heterocycles. The van der Waals surface area contributed by atoms with Crippen LogP contribution in [0.3, 0.4) is 0 Å². The summed E-state index contributed by atoms with van der Waals surface area (Å²) in [5.41, 5.74) is 1.99. The molecule has 0 radical (unpaired) electrons. The predicted octanol–water partition coefficient (Wildman–Crippen LogP) is 3.15. The zero-order valence-electron chi connectivity index (χ0n) is 11.9. The highest BCUT2D eigenvalue weighted by molar-refractivity contribution is 5.80. The zero-order valence-corrected chi connectivity index (χ0v) is 11.9. The summed E-state index contributed by atoms with van der Waals surface area (Å²) >= 11 is 0. The van der Waals surface area contributed by atoms with Crippen molar-refractivity contribution in [3.63, 3.8) is 0 Å². The van der Waals surface area contributed by atoms with Gasteiger partial charge in [-0.1, -0.05) is 30.3 Å². The number of hydrogen-bond acceptors (Lipinski definition) is 4. The largest absolute Gasteiger partial charge is 0.475 e. The smallest absolute Gasteiger partial charge is 0.349 e. The minimum Gasteiger partial charge on any atom is -0.475 e. The van der Waals surface area contributed by atoms with Crippen molar-refractivity contribution in [2.24, 2.45) is 0 Å². The maximum Gasteiger partial charge on any atom is 0.349 e. The van der Waals surface area contributed by atoms with Gasteiger partial charge < -0.3 is 14.4 Å². The molecule has 0 spiro atoms. The third-order valence-corrected chi connectivity index (χ3v) is 3.39. The summed E-state index contributed by atoms with van der Waals surface area (Å²) in [4.78, 5) is 14.1. The van der Waals surface area contributed by atoms with Crippen LogP contribution in [0.1, 0.15) is 6.92 Å². The summed E-state index contributed by atoms with van der Waals surface area (Å²) in [6, 6.07) is 17.7. The van der Waals surface area contributed by atoms with Crippen molar-refractivity contribution in [2.45, 2.75) is 13.0 Å². The van der Waals surface area contributed by atoms with Gasteiger partial charge in [0.25, 0.3) is 0 Å². The van der Waals surface area contributed by atoms with E-state index in [0.717, 1.165) is 11.4 Å². The minimum atomic E-state index is -0.611. The molecule has 2 aromatic carbocycles. The van der Waals surface area contributed by atoms with Crippen LogP contribution in [0.5, 0.6) is 5.75 Å². The first-order valence-corrected chi connectivity index (χ1v) is 7.04. The van der Waals surface area contributed by atoms with Crippen LogP contribution in [0.25, 0.3) is 0 Å². The predicted molar refractivity (Wildman–Crippen MR) is 80.9 cm³/mol. The molecule has 3 rings (SSSR count). The molecule has 1 atom stereocenters. The Bertz CT molecular complexity index is 627. The second kappa shape index (κ2) is 5.87. The van der Waals surface area contributed by atoms with Crippen molar-refractivity contribution in [1.82, 2.24) is 0 Å². The monoisotopic (exact) mass is 283 g/mol. The lowest BCUT2D eigenvalue weighted by molar-refractivity contribution is -0.151. The molecule has 0 aliphatic carbocycles. The number of hydrogen-bond donors (Lipinski definition) is 0. The van der Waals surface area contributed by atoms with E-state index >= 15 is 0 Å². The maximum absolute atomic E-state index is 12.0. The van der Waals surface area contributed by atoms with Crippen LogP contribution >= 0.6 is 0 Å².